The quantitative estimate of drug-likeness (QED) is 0.713. The molecule has 0 saturated heterocycles. The zero-order valence-electron chi connectivity index (χ0n) is 10.7. The van der Waals surface area contributed by atoms with E-state index < -0.39 is 17.5 Å². The summed E-state index contributed by atoms with van der Waals surface area (Å²) in [5.41, 5.74) is -0.459. The lowest BCUT2D eigenvalue weighted by molar-refractivity contribution is 0.0566. The van der Waals surface area contributed by atoms with Gasteiger partial charge in [0, 0.05) is 0 Å². The Kier molecular flexibility index (Phi) is 3.15. The summed E-state index contributed by atoms with van der Waals surface area (Å²) < 4.78 is 24.4. The van der Waals surface area contributed by atoms with Gasteiger partial charge in [0.2, 0.25) is 0 Å². The number of fused-ring (bicyclic) bond motifs is 1. The maximum absolute atomic E-state index is 13.8. The zero-order valence-corrected chi connectivity index (χ0v) is 10.7. The molecule has 0 atom stereocenters. The molecule has 98 valence electrons. The summed E-state index contributed by atoms with van der Waals surface area (Å²) in [4.78, 5) is 13.3. The van der Waals surface area contributed by atoms with Crippen LogP contribution in [0, 0.1) is 5.82 Å². The van der Waals surface area contributed by atoms with Gasteiger partial charge in [-0.3, -0.25) is 4.90 Å². The van der Waals surface area contributed by atoms with Gasteiger partial charge in [-0.1, -0.05) is 6.07 Å². The van der Waals surface area contributed by atoms with Crippen molar-refractivity contribution < 1.29 is 18.7 Å². The first-order valence-corrected chi connectivity index (χ1v) is 5.80. The van der Waals surface area contributed by atoms with E-state index in [-0.39, 0.29) is 12.2 Å². The number of hydrogen-bond donors (Lipinski definition) is 0. The van der Waals surface area contributed by atoms with Crippen LogP contribution in [-0.2, 0) is 4.74 Å². The Hall–Kier alpha value is -1.78. The van der Waals surface area contributed by atoms with Crippen molar-refractivity contribution in [3.63, 3.8) is 0 Å². The first-order chi connectivity index (χ1) is 8.38. The number of hydrogen-bond acceptors (Lipinski definition) is 3. The zero-order chi connectivity index (χ0) is 13.3. The fourth-order valence-electron chi connectivity index (χ4n) is 1.73. The Balaban J connectivity index is 2.30. The van der Waals surface area contributed by atoms with Crippen LogP contribution < -0.4 is 9.64 Å². The van der Waals surface area contributed by atoms with Crippen LogP contribution in [0.5, 0.6) is 5.75 Å². The van der Waals surface area contributed by atoms with Gasteiger partial charge in [-0.15, -0.1) is 0 Å². The first kappa shape index (κ1) is 12.7. The predicted molar refractivity (Wildman–Crippen MR) is 65.5 cm³/mol. The molecule has 0 radical (unpaired) electrons. The van der Waals surface area contributed by atoms with Gasteiger partial charge < -0.3 is 9.47 Å². The number of carbonyl (C=O) groups is 1. The van der Waals surface area contributed by atoms with Crippen molar-refractivity contribution >= 4 is 11.8 Å². The standard InChI is InChI=1S/C13H16FNO3/c1-13(2,3)18-12(16)15-7-8-17-10-6-4-5-9(14)11(10)15/h4-6H,7-8H2,1-3H3. The molecule has 5 heteroatoms. The van der Waals surface area contributed by atoms with E-state index in [9.17, 15) is 9.18 Å². The van der Waals surface area contributed by atoms with Crippen LogP contribution in [0.15, 0.2) is 18.2 Å². The molecular weight excluding hydrogens is 237 g/mol. The molecule has 0 aromatic heterocycles. The van der Waals surface area contributed by atoms with Crippen LogP contribution in [0.2, 0.25) is 0 Å². The summed E-state index contributed by atoms with van der Waals surface area (Å²) in [5, 5.41) is 0. The van der Waals surface area contributed by atoms with Crippen LogP contribution in [0.4, 0.5) is 14.9 Å². The van der Waals surface area contributed by atoms with Crippen LogP contribution in [0.1, 0.15) is 20.8 Å². The second kappa shape index (κ2) is 4.48. The minimum absolute atomic E-state index is 0.151. The number of benzene rings is 1. The summed E-state index contributed by atoms with van der Waals surface area (Å²) in [5.74, 6) is -0.120. The average Bonchev–Trinajstić information content (AvgIpc) is 2.26. The van der Waals surface area contributed by atoms with E-state index in [1.54, 1.807) is 32.9 Å². The van der Waals surface area contributed by atoms with Crippen LogP contribution in [-0.4, -0.2) is 24.8 Å². The van der Waals surface area contributed by atoms with Gasteiger partial charge in [-0.05, 0) is 32.9 Å². The van der Waals surface area contributed by atoms with Crippen molar-refractivity contribution in [3.05, 3.63) is 24.0 Å². The van der Waals surface area contributed by atoms with Crippen LogP contribution in [0.3, 0.4) is 0 Å². The van der Waals surface area contributed by atoms with E-state index in [4.69, 9.17) is 9.47 Å². The number of amides is 1. The highest BCUT2D eigenvalue weighted by Gasteiger charge is 2.30. The lowest BCUT2D eigenvalue weighted by Crippen LogP contribution is -2.42. The van der Waals surface area contributed by atoms with Gasteiger partial charge in [-0.2, -0.15) is 0 Å². The minimum atomic E-state index is -0.610. The van der Waals surface area contributed by atoms with Crippen molar-refractivity contribution in [2.24, 2.45) is 0 Å². The van der Waals surface area contributed by atoms with Gasteiger partial charge in [0.05, 0.1) is 6.54 Å². The molecule has 1 aliphatic heterocycles. The minimum Gasteiger partial charge on any atom is -0.489 e. The van der Waals surface area contributed by atoms with E-state index in [0.717, 1.165) is 0 Å². The molecule has 0 saturated carbocycles. The van der Waals surface area contributed by atoms with E-state index in [1.807, 2.05) is 0 Å². The number of ether oxygens (including phenoxy) is 2. The number of para-hydroxylation sites is 1. The molecule has 1 aromatic carbocycles. The maximum Gasteiger partial charge on any atom is 0.415 e. The third-order valence-electron chi connectivity index (χ3n) is 2.41. The van der Waals surface area contributed by atoms with E-state index >= 15 is 0 Å². The Morgan fingerprint density at radius 1 is 1.44 bits per heavy atom. The molecule has 0 bridgehead atoms. The van der Waals surface area contributed by atoms with Gasteiger partial charge in [-0.25, -0.2) is 9.18 Å². The second-order valence-corrected chi connectivity index (χ2v) is 5.07. The fraction of sp³-hybridized carbons (Fsp3) is 0.462. The number of halogens is 1. The molecule has 0 fully saturated rings. The van der Waals surface area contributed by atoms with Crippen molar-refractivity contribution in [1.82, 2.24) is 0 Å². The Bertz CT molecular complexity index is 468. The Morgan fingerprint density at radius 2 is 2.17 bits per heavy atom. The summed E-state index contributed by atoms with van der Waals surface area (Å²) in [6.07, 6.45) is -0.558. The van der Waals surface area contributed by atoms with E-state index in [2.05, 4.69) is 0 Å². The highest BCUT2D eigenvalue weighted by atomic mass is 19.1. The normalized spacial score (nSPS) is 14.8. The van der Waals surface area contributed by atoms with Crippen LogP contribution in [0.25, 0.3) is 0 Å². The molecule has 1 heterocycles. The molecule has 0 N–H and O–H groups in total. The lowest BCUT2D eigenvalue weighted by Gasteiger charge is -2.31. The third-order valence-corrected chi connectivity index (χ3v) is 2.41. The highest BCUT2D eigenvalue weighted by Crippen LogP contribution is 2.34. The molecule has 18 heavy (non-hydrogen) atoms. The predicted octanol–water partition coefficient (Wildman–Crippen LogP) is 2.96. The molecule has 1 aromatic rings. The number of carbonyl (C=O) groups excluding carboxylic acids is 1. The SMILES string of the molecule is CC(C)(C)OC(=O)N1CCOc2cccc(F)c21. The van der Waals surface area contributed by atoms with Gasteiger partial charge in [0.1, 0.15) is 23.6 Å². The lowest BCUT2D eigenvalue weighted by atomic mass is 10.2. The van der Waals surface area contributed by atoms with Crippen molar-refractivity contribution in [2.45, 2.75) is 26.4 Å². The molecule has 1 amide bonds. The van der Waals surface area contributed by atoms with Gasteiger partial charge in [0.15, 0.2) is 5.82 Å². The summed E-state index contributed by atoms with van der Waals surface area (Å²) >= 11 is 0. The number of rotatable bonds is 0. The first-order valence-electron chi connectivity index (χ1n) is 5.80. The Morgan fingerprint density at radius 3 is 2.83 bits per heavy atom. The molecular formula is C13H16FNO3. The number of nitrogens with zero attached hydrogens (tertiary/aromatic N) is 1. The molecule has 0 spiro atoms. The monoisotopic (exact) mass is 253 g/mol. The van der Waals surface area contributed by atoms with Crippen molar-refractivity contribution in [3.8, 4) is 5.75 Å². The highest BCUT2D eigenvalue weighted by molar-refractivity contribution is 5.90. The largest absolute Gasteiger partial charge is 0.489 e. The molecule has 0 aliphatic carbocycles. The Labute approximate surface area is 105 Å². The smallest absolute Gasteiger partial charge is 0.415 e. The molecule has 4 nitrogen and oxygen atoms in total. The van der Waals surface area contributed by atoms with Gasteiger partial charge in [0.25, 0.3) is 0 Å². The molecule has 2 rings (SSSR count). The molecule has 1 aliphatic rings. The van der Waals surface area contributed by atoms with E-state index in [0.29, 0.717) is 12.4 Å². The summed E-state index contributed by atoms with van der Waals surface area (Å²) in [7, 11) is 0. The maximum atomic E-state index is 13.8. The van der Waals surface area contributed by atoms with E-state index in [1.165, 1.54) is 11.0 Å². The average molecular weight is 253 g/mol. The fourth-order valence-corrected chi connectivity index (χ4v) is 1.73. The van der Waals surface area contributed by atoms with Crippen molar-refractivity contribution in [2.75, 3.05) is 18.1 Å². The number of anilines is 1. The van der Waals surface area contributed by atoms with Crippen LogP contribution >= 0.6 is 0 Å². The summed E-state index contributed by atoms with van der Waals surface area (Å²) in [6, 6.07) is 4.48. The van der Waals surface area contributed by atoms with Gasteiger partial charge >= 0.3 is 6.09 Å². The second-order valence-electron chi connectivity index (χ2n) is 5.07. The third kappa shape index (κ3) is 2.55. The molecule has 0 unspecified atom stereocenters. The topological polar surface area (TPSA) is 38.8 Å². The summed E-state index contributed by atoms with van der Waals surface area (Å²) in [6.45, 7) is 5.92. The van der Waals surface area contributed by atoms with Crippen molar-refractivity contribution in [1.29, 1.82) is 0 Å².